The van der Waals surface area contributed by atoms with Crippen molar-refractivity contribution >= 4 is 45.0 Å². The van der Waals surface area contributed by atoms with E-state index in [-0.39, 0.29) is 17.9 Å². The van der Waals surface area contributed by atoms with Crippen LogP contribution in [0.2, 0.25) is 5.02 Å². The molecule has 0 saturated carbocycles. The van der Waals surface area contributed by atoms with Gasteiger partial charge in [0.15, 0.2) is 0 Å². The molecule has 1 atom stereocenters. The smallest absolute Gasteiger partial charge is 0.264 e. The first-order valence-electron chi connectivity index (χ1n) is 10.5. The Kier molecular flexibility index (Phi) is 5.45. The summed E-state index contributed by atoms with van der Waals surface area (Å²) >= 11 is 7.59. The third kappa shape index (κ3) is 3.84. The molecule has 5 rings (SSSR count). The van der Waals surface area contributed by atoms with Gasteiger partial charge < -0.3 is 14.5 Å². The molecule has 2 saturated heterocycles. The monoisotopic (exact) mass is 458 g/mol. The second-order valence-electron chi connectivity index (χ2n) is 7.93. The van der Waals surface area contributed by atoms with Gasteiger partial charge in [-0.3, -0.25) is 9.59 Å². The highest BCUT2D eigenvalue weighted by Gasteiger charge is 2.32. The summed E-state index contributed by atoms with van der Waals surface area (Å²) in [6.45, 7) is 4.76. The summed E-state index contributed by atoms with van der Waals surface area (Å²) in [7, 11) is 0. The summed E-state index contributed by atoms with van der Waals surface area (Å²) in [5.41, 5.74) is 1.74. The lowest BCUT2D eigenvalue weighted by atomic mass is 10.2. The Hall–Kier alpha value is -2.42. The molecule has 0 N–H and O–H groups in total. The highest BCUT2D eigenvalue weighted by atomic mass is 35.5. The van der Waals surface area contributed by atoms with Crippen molar-refractivity contribution in [1.82, 2.24) is 19.6 Å². The van der Waals surface area contributed by atoms with Gasteiger partial charge in [-0.05, 0) is 44.0 Å². The fourth-order valence-corrected chi connectivity index (χ4v) is 5.53. The first-order valence-corrected chi connectivity index (χ1v) is 11.7. The van der Waals surface area contributed by atoms with Crippen molar-refractivity contribution in [1.29, 1.82) is 0 Å². The van der Waals surface area contributed by atoms with Crippen molar-refractivity contribution in [2.75, 3.05) is 32.8 Å². The third-order valence-electron chi connectivity index (χ3n) is 5.89. The quantitative estimate of drug-likeness (QED) is 0.602. The van der Waals surface area contributed by atoms with Crippen LogP contribution < -0.4 is 0 Å². The number of carbonyl (C=O) groups excluding carboxylic acids is 2. The minimum Gasteiger partial charge on any atom is -0.368 e. The van der Waals surface area contributed by atoms with Crippen LogP contribution in [0.15, 0.2) is 30.3 Å². The van der Waals surface area contributed by atoms with Gasteiger partial charge in [0.25, 0.3) is 11.8 Å². The molecular formula is C22H23ClN4O3S. The fraction of sp³-hybridized carbons (Fsp3) is 0.409. The van der Waals surface area contributed by atoms with Crippen molar-refractivity contribution in [3.05, 3.63) is 45.9 Å². The summed E-state index contributed by atoms with van der Waals surface area (Å²) in [4.78, 5) is 31.0. The van der Waals surface area contributed by atoms with Crippen LogP contribution in [0, 0.1) is 6.92 Å². The fourth-order valence-electron chi connectivity index (χ4n) is 4.20. The molecule has 0 aliphatic carbocycles. The molecule has 3 aromatic rings. The Morgan fingerprint density at radius 1 is 1.16 bits per heavy atom. The van der Waals surface area contributed by atoms with Crippen LogP contribution in [0.3, 0.4) is 0 Å². The molecule has 2 fully saturated rings. The van der Waals surface area contributed by atoms with E-state index in [1.54, 1.807) is 0 Å². The lowest BCUT2D eigenvalue weighted by Crippen LogP contribution is -2.52. The normalized spacial score (nSPS) is 19.4. The number of hydrogen-bond donors (Lipinski definition) is 0. The predicted molar refractivity (Wildman–Crippen MR) is 120 cm³/mol. The van der Waals surface area contributed by atoms with E-state index in [4.69, 9.17) is 16.3 Å². The minimum atomic E-state index is -0.303. The van der Waals surface area contributed by atoms with Gasteiger partial charge in [-0.1, -0.05) is 17.7 Å². The van der Waals surface area contributed by atoms with Gasteiger partial charge in [-0.25, -0.2) is 4.68 Å². The highest BCUT2D eigenvalue weighted by Crippen LogP contribution is 2.32. The van der Waals surface area contributed by atoms with Gasteiger partial charge in [0, 0.05) is 43.2 Å². The number of benzene rings is 1. The number of aromatic nitrogens is 2. The largest absolute Gasteiger partial charge is 0.368 e. The summed E-state index contributed by atoms with van der Waals surface area (Å²) in [6.07, 6.45) is 1.43. The van der Waals surface area contributed by atoms with E-state index in [1.165, 1.54) is 11.3 Å². The molecule has 31 heavy (non-hydrogen) atoms. The molecule has 0 radical (unpaired) electrons. The molecule has 1 unspecified atom stereocenters. The van der Waals surface area contributed by atoms with E-state index in [2.05, 4.69) is 5.10 Å². The van der Waals surface area contributed by atoms with Crippen LogP contribution in [-0.2, 0) is 9.53 Å². The third-order valence-corrected chi connectivity index (χ3v) is 7.23. The molecule has 1 aromatic carbocycles. The van der Waals surface area contributed by atoms with Crippen LogP contribution in [-0.4, -0.2) is 70.3 Å². The minimum absolute atomic E-state index is 0.00228. The maximum atomic E-state index is 13.2. The van der Waals surface area contributed by atoms with Crippen molar-refractivity contribution in [2.45, 2.75) is 25.9 Å². The number of aryl methyl sites for hydroxylation is 1. The van der Waals surface area contributed by atoms with E-state index in [0.717, 1.165) is 34.4 Å². The number of amides is 2. The molecule has 162 valence electrons. The SMILES string of the molecule is Cc1nn(-c2cccc(Cl)c2)c2sc(C(=O)N3CCN(C(=O)C4CCCO4)CC3)cc12. The van der Waals surface area contributed by atoms with Crippen LogP contribution in [0.1, 0.15) is 28.2 Å². The molecular weight excluding hydrogens is 436 g/mol. The zero-order valence-corrected chi connectivity index (χ0v) is 18.8. The number of piperazine rings is 1. The second kappa shape index (κ2) is 8.26. The number of carbonyl (C=O) groups is 2. The molecule has 0 spiro atoms. The Morgan fingerprint density at radius 2 is 1.94 bits per heavy atom. The Bertz CT molecular complexity index is 1140. The number of ether oxygens (including phenoxy) is 1. The standard InChI is InChI=1S/C22H23ClN4O3S/c1-14-17-13-19(31-22(17)27(24-14)16-5-2-4-15(23)12-16)21(29)26-9-7-25(8-10-26)20(28)18-6-3-11-30-18/h2,4-5,12-13,18H,3,6-11H2,1H3. The van der Waals surface area contributed by atoms with Crippen molar-refractivity contribution in [3.63, 3.8) is 0 Å². The van der Waals surface area contributed by atoms with Gasteiger partial charge in [0.2, 0.25) is 0 Å². The van der Waals surface area contributed by atoms with E-state index >= 15 is 0 Å². The number of halogens is 1. The summed E-state index contributed by atoms with van der Waals surface area (Å²) in [6, 6.07) is 9.45. The molecule has 0 bridgehead atoms. The first-order chi connectivity index (χ1) is 15.0. The zero-order valence-electron chi connectivity index (χ0n) is 17.2. The van der Waals surface area contributed by atoms with E-state index in [9.17, 15) is 9.59 Å². The van der Waals surface area contributed by atoms with Crippen LogP contribution >= 0.6 is 22.9 Å². The second-order valence-corrected chi connectivity index (χ2v) is 9.39. The van der Waals surface area contributed by atoms with Crippen LogP contribution in [0.5, 0.6) is 0 Å². The van der Waals surface area contributed by atoms with E-state index in [1.807, 2.05) is 51.7 Å². The van der Waals surface area contributed by atoms with Gasteiger partial charge >= 0.3 is 0 Å². The van der Waals surface area contributed by atoms with Gasteiger partial charge in [-0.15, -0.1) is 11.3 Å². The predicted octanol–water partition coefficient (Wildman–Crippen LogP) is 3.51. The number of thiophene rings is 1. The molecule has 2 amide bonds. The average molecular weight is 459 g/mol. The van der Waals surface area contributed by atoms with Gasteiger partial charge in [0.05, 0.1) is 16.3 Å². The molecule has 9 heteroatoms. The Morgan fingerprint density at radius 3 is 2.65 bits per heavy atom. The van der Waals surface area contributed by atoms with E-state index < -0.39 is 0 Å². The Labute approximate surface area is 189 Å². The first kappa shape index (κ1) is 20.5. The number of nitrogens with zero attached hydrogens (tertiary/aromatic N) is 4. The van der Waals surface area contributed by atoms with Gasteiger partial charge in [0.1, 0.15) is 10.9 Å². The van der Waals surface area contributed by atoms with Gasteiger partial charge in [-0.2, -0.15) is 5.10 Å². The number of hydrogen-bond acceptors (Lipinski definition) is 5. The highest BCUT2D eigenvalue weighted by molar-refractivity contribution is 7.20. The lowest BCUT2D eigenvalue weighted by Gasteiger charge is -2.35. The summed E-state index contributed by atoms with van der Waals surface area (Å²) in [5, 5.41) is 6.24. The number of rotatable bonds is 3. The molecule has 4 heterocycles. The molecule has 2 aliphatic rings. The van der Waals surface area contributed by atoms with Crippen molar-refractivity contribution < 1.29 is 14.3 Å². The molecule has 2 aromatic heterocycles. The maximum absolute atomic E-state index is 13.2. The van der Waals surface area contributed by atoms with Crippen molar-refractivity contribution in [3.8, 4) is 5.69 Å². The maximum Gasteiger partial charge on any atom is 0.264 e. The summed E-state index contributed by atoms with van der Waals surface area (Å²) < 4.78 is 7.36. The van der Waals surface area contributed by atoms with Crippen molar-refractivity contribution in [2.24, 2.45) is 0 Å². The van der Waals surface area contributed by atoms with Crippen LogP contribution in [0.25, 0.3) is 15.9 Å². The zero-order chi connectivity index (χ0) is 21.5. The van der Waals surface area contributed by atoms with E-state index in [0.29, 0.717) is 42.7 Å². The Balaban J connectivity index is 1.33. The topological polar surface area (TPSA) is 67.7 Å². The summed E-state index contributed by atoms with van der Waals surface area (Å²) in [5.74, 6) is 0.0613. The van der Waals surface area contributed by atoms with Crippen LogP contribution in [0.4, 0.5) is 0 Å². The lowest BCUT2D eigenvalue weighted by molar-refractivity contribution is -0.142. The molecule has 2 aliphatic heterocycles. The number of fused-ring (bicyclic) bond motifs is 1. The molecule has 7 nitrogen and oxygen atoms in total. The average Bonchev–Trinajstić information content (AvgIpc) is 3.52.